The maximum absolute atomic E-state index is 5.65. The number of nitrogens with zero attached hydrogens (tertiary/aromatic N) is 3. The predicted octanol–water partition coefficient (Wildman–Crippen LogP) is 2.56. The first kappa shape index (κ1) is 20.2. The lowest BCUT2D eigenvalue weighted by Crippen LogP contribution is -2.43. The molecule has 0 aromatic heterocycles. The van der Waals surface area contributed by atoms with Gasteiger partial charge in [0, 0.05) is 44.2 Å². The third kappa shape index (κ3) is 4.97. The summed E-state index contributed by atoms with van der Waals surface area (Å²) >= 11 is 0. The normalized spacial score (nSPS) is 31.5. The van der Waals surface area contributed by atoms with Crippen molar-refractivity contribution in [3.8, 4) is 0 Å². The van der Waals surface area contributed by atoms with E-state index < -0.39 is 0 Å². The molecule has 6 heteroatoms. The van der Waals surface area contributed by atoms with Gasteiger partial charge in [0.25, 0.3) is 0 Å². The van der Waals surface area contributed by atoms with Crippen LogP contribution in [0.5, 0.6) is 0 Å². The molecule has 140 valence electrons. The summed E-state index contributed by atoms with van der Waals surface area (Å²) in [6.45, 7) is 12.8. The van der Waals surface area contributed by atoms with Gasteiger partial charge in [-0.25, -0.2) is 0 Å². The number of piperidine rings is 1. The largest absolute Gasteiger partial charge is 0.381 e. The van der Waals surface area contributed by atoms with E-state index in [1.165, 1.54) is 38.6 Å². The lowest BCUT2D eigenvalue weighted by atomic mass is 9.87. The van der Waals surface area contributed by atoms with Crippen LogP contribution in [0.2, 0.25) is 0 Å². The van der Waals surface area contributed by atoms with Crippen LogP contribution in [0.3, 0.4) is 0 Å². The minimum absolute atomic E-state index is 0. The van der Waals surface area contributed by atoms with Gasteiger partial charge >= 0.3 is 0 Å². The smallest absolute Gasteiger partial charge is 0.193 e. The second-order valence-electron chi connectivity index (χ2n) is 7.59. The van der Waals surface area contributed by atoms with Gasteiger partial charge in [-0.15, -0.1) is 24.0 Å². The first-order chi connectivity index (χ1) is 11.2. The van der Waals surface area contributed by atoms with Crippen molar-refractivity contribution in [3.63, 3.8) is 0 Å². The number of nitrogens with one attached hydrogen (secondary N) is 1. The summed E-state index contributed by atoms with van der Waals surface area (Å²) in [4.78, 5) is 9.99. The Labute approximate surface area is 164 Å². The second-order valence-corrected chi connectivity index (χ2v) is 7.59. The van der Waals surface area contributed by atoms with Crippen molar-refractivity contribution in [1.29, 1.82) is 0 Å². The van der Waals surface area contributed by atoms with Crippen molar-refractivity contribution in [2.24, 2.45) is 10.4 Å². The molecule has 3 rings (SSSR count). The number of halogens is 1. The fraction of sp³-hybridized carbons (Fsp3) is 0.944. The lowest BCUT2D eigenvalue weighted by molar-refractivity contribution is 0.156. The molecule has 3 fully saturated rings. The van der Waals surface area contributed by atoms with E-state index in [1.54, 1.807) is 0 Å². The number of hydrogen-bond acceptors (Lipinski definition) is 3. The molecule has 0 aromatic carbocycles. The quantitative estimate of drug-likeness (QED) is 0.406. The summed E-state index contributed by atoms with van der Waals surface area (Å²) in [5.74, 6) is 1.11. The van der Waals surface area contributed by atoms with Crippen molar-refractivity contribution < 1.29 is 4.74 Å². The summed E-state index contributed by atoms with van der Waals surface area (Å²) in [6.07, 6.45) is 6.55. The van der Waals surface area contributed by atoms with Crippen LogP contribution >= 0.6 is 24.0 Å². The van der Waals surface area contributed by atoms with Crippen LogP contribution in [0, 0.1) is 5.41 Å². The van der Waals surface area contributed by atoms with Gasteiger partial charge in [-0.1, -0.05) is 6.42 Å². The average molecular weight is 450 g/mol. The monoisotopic (exact) mass is 450 g/mol. The molecule has 0 aliphatic carbocycles. The Morgan fingerprint density at radius 1 is 1.29 bits per heavy atom. The Bertz CT molecular complexity index is 412. The number of aliphatic imine (C=N–C) groups is 1. The molecule has 3 aliphatic heterocycles. The molecule has 24 heavy (non-hydrogen) atoms. The molecule has 1 spiro atoms. The number of hydrogen-bond donors (Lipinski definition) is 1. The zero-order chi connectivity index (χ0) is 16.1. The average Bonchev–Trinajstić information content (AvgIpc) is 3.19. The molecule has 0 amide bonds. The lowest BCUT2D eigenvalue weighted by Gasteiger charge is -2.33. The van der Waals surface area contributed by atoms with Gasteiger partial charge in [0.2, 0.25) is 0 Å². The fourth-order valence-corrected chi connectivity index (χ4v) is 4.29. The first-order valence-electron chi connectivity index (χ1n) is 9.57. The van der Waals surface area contributed by atoms with Gasteiger partial charge in [0.1, 0.15) is 0 Å². The Morgan fingerprint density at radius 2 is 2.17 bits per heavy atom. The molecule has 0 radical (unpaired) electrons. The number of likely N-dealkylation sites (tertiary alicyclic amines) is 2. The molecule has 0 bridgehead atoms. The van der Waals surface area contributed by atoms with Crippen molar-refractivity contribution in [2.75, 3.05) is 52.5 Å². The maximum Gasteiger partial charge on any atom is 0.193 e. The molecule has 3 saturated heterocycles. The van der Waals surface area contributed by atoms with E-state index in [2.05, 4.69) is 29.0 Å². The van der Waals surface area contributed by atoms with Crippen molar-refractivity contribution in [1.82, 2.24) is 15.1 Å². The van der Waals surface area contributed by atoms with Gasteiger partial charge in [-0.05, 0) is 46.1 Å². The standard InChI is InChI=1S/C18H34N4O.HI/c1-3-19-17(20-9-12-21-10-5-4-6-16(21)2)22-11-7-18(14-22)8-13-23-15-18;/h16H,3-15H2,1-2H3,(H,19,20);1H. The van der Waals surface area contributed by atoms with Gasteiger partial charge in [0.05, 0.1) is 13.2 Å². The molecular weight excluding hydrogens is 415 g/mol. The summed E-state index contributed by atoms with van der Waals surface area (Å²) in [6, 6.07) is 0.729. The third-order valence-electron chi connectivity index (χ3n) is 5.85. The Morgan fingerprint density at radius 3 is 2.88 bits per heavy atom. The molecular formula is C18H35IN4O. The Hall–Kier alpha value is -0.0800. The van der Waals surface area contributed by atoms with E-state index in [4.69, 9.17) is 9.73 Å². The van der Waals surface area contributed by atoms with Crippen molar-refractivity contribution >= 4 is 29.9 Å². The molecule has 2 unspecified atom stereocenters. The van der Waals surface area contributed by atoms with Crippen molar-refractivity contribution in [3.05, 3.63) is 0 Å². The van der Waals surface area contributed by atoms with Crippen LogP contribution in [0.1, 0.15) is 46.0 Å². The van der Waals surface area contributed by atoms with Crippen molar-refractivity contribution in [2.45, 2.75) is 52.0 Å². The molecule has 3 heterocycles. The van der Waals surface area contributed by atoms with E-state index in [-0.39, 0.29) is 24.0 Å². The van der Waals surface area contributed by atoms with Gasteiger partial charge in [0.15, 0.2) is 5.96 Å². The van der Waals surface area contributed by atoms with E-state index in [1.807, 2.05) is 0 Å². The molecule has 0 saturated carbocycles. The molecule has 0 aromatic rings. The summed E-state index contributed by atoms with van der Waals surface area (Å²) in [7, 11) is 0. The molecule has 5 nitrogen and oxygen atoms in total. The van der Waals surface area contributed by atoms with Gasteiger partial charge < -0.3 is 15.0 Å². The first-order valence-corrected chi connectivity index (χ1v) is 9.57. The molecule has 2 atom stereocenters. The summed E-state index contributed by atoms with van der Waals surface area (Å²) in [5, 5.41) is 3.50. The van der Waals surface area contributed by atoms with Crippen LogP contribution in [-0.4, -0.2) is 74.3 Å². The minimum atomic E-state index is 0. The van der Waals surface area contributed by atoms with E-state index in [0.29, 0.717) is 5.41 Å². The summed E-state index contributed by atoms with van der Waals surface area (Å²) < 4.78 is 5.65. The maximum atomic E-state index is 5.65. The number of guanidine groups is 1. The zero-order valence-corrected chi connectivity index (χ0v) is 17.8. The highest BCUT2D eigenvalue weighted by Gasteiger charge is 2.42. The number of rotatable bonds is 4. The second kappa shape index (κ2) is 9.57. The van der Waals surface area contributed by atoms with Crippen LogP contribution in [0.4, 0.5) is 0 Å². The zero-order valence-electron chi connectivity index (χ0n) is 15.4. The highest BCUT2D eigenvalue weighted by atomic mass is 127. The number of ether oxygens (including phenoxy) is 1. The van der Waals surface area contributed by atoms with Crippen LogP contribution < -0.4 is 5.32 Å². The van der Waals surface area contributed by atoms with Gasteiger partial charge in [-0.2, -0.15) is 0 Å². The summed E-state index contributed by atoms with van der Waals surface area (Å²) in [5.41, 5.74) is 0.400. The fourth-order valence-electron chi connectivity index (χ4n) is 4.29. The third-order valence-corrected chi connectivity index (χ3v) is 5.85. The highest BCUT2D eigenvalue weighted by Crippen LogP contribution is 2.38. The minimum Gasteiger partial charge on any atom is -0.381 e. The predicted molar refractivity (Wildman–Crippen MR) is 110 cm³/mol. The topological polar surface area (TPSA) is 40.1 Å². The van der Waals surface area contributed by atoms with Crippen LogP contribution in [-0.2, 0) is 4.74 Å². The highest BCUT2D eigenvalue weighted by molar-refractivity contribution is 14.0. The van der Waals surface area contributed by atoms with E-state index in [0.717, 1.165) is 57.9 Å². The Kier molecular flexibility index (Phi) is 8.07. The van der Waals surface area contributed by atoms with Gasteiger partial charge in [-0.3, -0.25) is 9.89 Å². The van der Waals surface area contributed by atoms with E-state index >= 15 is 0 Å². The van der Waals surface area contributed by atoms with E-state index in [9.17, 15) is 0 Å². The van der Waals surface area contributed by atoms with Crippen LogP contribution in [0.25, 0.3) is 0 Å². The Balaban J connectivity index is 0.00000208. The SMILES string of the molecule is CCNC(=NCCN1CCCCC1C)N1CCC2(CCOC2)C1.I. The molecule has 1 N–H and O–H groups in total. The molecule has 3 aliphatic rings. The van der Waals surface area contributed by atoms with Crippen LogP contribution in [0.15, 0.2) is 4.99 Å².